The number of carbonyl (C=O) groups is 1. The molecule has 1 heterocycles. The van der Waals surface area contributed by atoms with Gasteiger partial charge >= 0.3 is 6.18 Å². The van der Waals surface area contributed by atoms with Crippen molar-refractivity contribution in [3.05, 3.63) is 86.9 Å². The maximum absolute atomic E-state index is 13.3. The van der Waals surface area contributed by atoms with E-state index in [-0.39, 0.29) is 26.4 Å². The Morgan fingerprint density at radius 1 is 1.00 bits per heavy atom. The van der Waals surface area contributed by atoms with Crippen molar-refractivity contribution in [2.75, 3.05) is 0 Å². The standard InChI is InChI=1S/C21H13BrF3NOS/c22-16-9-8-12(10-15(16)21(23,24)25)17-18(27)19(28-20(17)26)14-7-3-5-11-4-1-2-6-13(11)14/h1-10,19H,26H2. The van der Waals surface area contributed by atoms with Gasteiger partial charge in [0.25, 0.3) is 0 Å². The van der Waals surface area contributed by atoms with Crippen molar-refractivity contribution in [3.63, 3.8) is 0 Å². The first kappa shape index (κ1) is 19.1. The van der Waals surface area contributed by atoms with Gasteiger partial charge in [0.2, 0.25) is 0 Å². The molecule has 0 aliphatic carbocycles. The number of ketones is 1. The van der Waals surface area contributed by atoms with Gasteiger partial charge in [-0.15, -0.1) is 0 Å². The molecule has 2 nitrogen and oxygen atoms in total. The largest absolute Gasteiger partial charge is 0.417 e. The highest BCUT2D eigenvalue weighted by molar-refractivity contribution is 9.10. The van der Waals surface area contributed by atoms with Gasteiger partial charge in [-0.05, 0) is 34.0 Å². The van der Waals surface area contributed by atoms with Crippen LogP contribution in [0.2, 0.25) is 0 Å². The second kappa shape index (κ2) is 6.97. The number of hydrogen-bond acceptors (Lipinski definition) is 3. The summed E-state index contributed by atoms with van der Waals surface area (Å²) in [5.74, 6) is -0.283. The van der Waals surface area contributed by atoms with Crippen LogP contribution in [0.3, 0.4) is 0 Å². The number of hydrogen-bond donors (Lipinski definition) is 1. The van der Waals surface area contributed by atoms with E-state index in [2.05, 4.69) is 15.9 Å². The lowest BCUT2D eigenvalue weighted by Crippen LogP contribution is -2.10. The highest BCUT2D eigenvalue weighted by Crippen LogP contribution is 2.48. The van der Waals surface area contributed by atoms with Crippen molar-refractivity contribution in [2.24, 2.45) is 5.73 Å². The van der Waals surface area contributed by atoms with Crippen LogP contribution in [0.25, 0.3) is 16.3 Å². The third-order valence-electron chi connectivity index (χ3n) is 4.64. The lowest BCUT2D eigenvalue weighted by molar-refractivity contribution is -0.138. The quantitative estimate of drug-likeness (QED) is 0.484. The third kappa shape index (κ3) is 3.22. The average Bonchev–Trinajstić information content (AvgIpc) is 2.95. The van der Waals surface area contributed by atoms with Crippen LogP contribution in [-0.2, 0) is 11.0 Å². The van der Waals surface area contributed by atoms with Crippen LogP contribution >= 0.6 is 27.7 Å². The topological polar surface area (TPSA) is 43.1 Å². The Kier molecular flexibility index (Phi) is 4.75. The van der Waals surface area contributed by atoms with Crippen LogP contribution in [0.1, 0.15) is 21.9 Å². The Morgan fingerprint density at radius 3 is 2.46 bits per heavy atom. The number of halogens is 4. The summed E-state index contributed by atoms with van der Waals surface area (Å²) in [5.41, 5.74) is 6.38. The third-order valence-corrected chi connectivity index (χ3v) is 6.50. The number of rotatable bonds is 2. The summed E-state index contributed by atoms with van der Waals surface area (Å²) in [7, 11) is 0. The molecule has 0 spiro atoms. The number of alkyl halides is 3. The maximum atomic E-state index is 13.3. The van der Waals surface area contributed by atoms with Crippen LogP contribution in [0.5, 0.6) is 0 Å². The Labute approximate surface area is 171 Å². The van der Waals surface area contributed by atoms with Gasteiger partial charge in [-0.25, -0.2) is 0 Å². The van der Waals surface area contributed by atoms with E-state index in [4.69, 9.17) is 5.73 Å². The van der Waals surface area contributed by atoms with Crippen LogP contribution in [0, 0.1) is 0 Å². The van der Waals surface area contributed by atoms with Gasteiger partial charge in [-0.3, -0.25) is 4.79 Å². The fourth-order valence-electron chi connectivity index (χ4n) is 3.36. The lowest BCUT2D eigenvalue weighted by Gasteiger charge is -2.13. The number of allylic oxidation sites excluding steroid dienone is 1. The molecule has 0 fully saturated rings. The zero-order valence-electron chi connectivity index (χ0n) is 14.3. The number of nitrogens with two attached hydrogens (primary N) is 1. The SMILES string of the molecule is NC1=C(c2ccc(Br)c(C(F)(F)F)c2)C(=O)C(c2cccc3ccccc23)S1. The monoisotopic (exact) mass is 463 g/mol. The summed E-state index contributed by atoms with van der Waals surface area (Å²) in [5, 5.41) is 1.57. The molecule has 1 aliphatic heterocycles. The van der Waals surface area contributed by atoms with Gasteiger partial charge in [0.1, 0.15) is 0 Å². The van der Waals surface area contributed by atoms with E-state index in [1.54, 1.807) is 0 Å². The van der Waals surface area contributed by atoms with Crippen LogP contribution in [-0.4, -0.2) is 5.78 Å². The second-order valence-corrected chi connectivity index (χ2v) is 8.36. The summed E-state index contributed by atoms with van der Waals surface area (Å²) >= 11 is 4.10. The van der Waals surface area contributed by atoms with Crippen molar-refractivity contribution >= 4 is 49.8 Å². The molecule has 0 saturated heterocycles. The first-order chi connectivity index (χ1) is 13.3. The highest BCUT2D eigenvalue weighted by atomic mass is 79.9. The molecule has 4 rings (SSSR count). The van der Waals surface area contributed by atoms with E-state index in [0.717, 1.165) is 22.4 Å². The number of carbonyl (C=O) groups excluding carboxylic acids is 1. The summed E-state index contributed by atoms with van der Waals surface area (Å²) in [6.45, 7) is 0. The minimum atomic E-state index is -4.53. The predicted octanol–water partition coefficient (Wildman–Crippen LogP) is 6.31. The summed E-state index contributed by atoms with van der Waals surface area (Å²) in [6, 6.07) is 17.1. The average molecular weight is 464 g/mol. The van der Waals surface area contributed by atoms with Crippen molar-refractivity contribution in [3.8, 4) is 0 Å². The van der Waals surface area contributed by atoms with Crippen LogP contribution in [0.15, 0.2) is 70.2 Å². The highest BCUT2D eigenvalue weighted by Gasteiger charge is 2.38. The first-order valence-electron chi connectivity index (χ1n) is 8.33. The van der Waals surface area contributed by atoms with E-state index in [0.29, 0.717) is 0 Å². The van der Waals surface area contributed by atoms with Crippen LogP contribution in [0.4, 0.5) is 13.2 Å². The molecule has 1 unspecified atom stereocenters. The predicted molar refractivity (Wildman–Crippen MR) is 110 cm³/mol. The fraction of sp³-hybridized carbons (Fsp3) is 0.0952. The molecule has 2 N–H and O–H groups in total. The Hall–Kier alpha value is -2.25. The van der Waals surface area contributed by atoms with Crippen molar-refractivity contribution in [1.29, 1.82) is 0 Å². The zero-order chi connectivity index (χ0) is 20.1. The molecule has 0 bridgehead atoms. The van der Waals surface area contributed by atoms with Crippen molar-refractivity contribution < 1.29 is 18.0 Å². The van der Waals surface area contributed by atoms with E-state index in [9.17, 15) is 18.0 Å². The van der Waals surface area contributed by atoms with Gasteiger partial charge in [-0.1, -0.05) is 76.2 Å². The molecule has 0 aromatic heterocycles. The van der Waals surface area contributed by atoms with Crippen LogP contribution < -0.4 is 5.73 Å². The minimum absolute atomic E-state index is 0.0772. The summed E-state index contributed by atoms with van der Waals surface area (Å²) in [4.78, 5) is 13.2. The van der Waals surface area contributed by atoms with Gasteiger partial charge in [0, 0.05) is 4.47 Å². The first-order valence-corrected chi connectivity index (χ1v) is 10.00. The van der Waals surface area contributed by atoms with E-state index in [1.165, 1.54) is 23.9 Å². The van der Waals surface area contributed by atoms with Crippen molar-refractivity contribution in [1.82, 2.24) is 0 Å². The molecule has 142 valence electrons. The molecular weight excluding hydrogens is 451 g/mol. The molecule has 0 amide bonds. The summed E-state index contributed by atoms with van der Waals surface area (Å²) < 4.78 is 39.7. The fourth-order valence-corrected chi connectivity index (χ4v) is 4.98. The Balaban J connectivity index is 1.78. The van der Waals surface area contributed by atoms with Gasteiger partial charge in [0.05, 0.1) is 21.4 Å². The maximum Gasteiger partial charge on any atom is 0.417 e. The Morgan fingerprint density at radius 2 is 1.71 bits per heavy atom. The smallest absolute Gasteiger partial charge is 0.393 e. The van der Waals surface area contributed by atoms with Gasteiger partial charge in [-0.2, -0.15) is 13.2 Å². The van der Waals surface area contributed by atoms with E-state index < -0.39 is 17.0 Å². The molecule has 0 saturated carbocycles. The number of fused-ring (bicyclic) bond motifs is 1. The summed E-state index contributed by atoms with van der Waals surface area (Å²) in [6.07, 6.45) is -4.53. The van der Waals surface area contributed by atoms with Gasteiger partial charge in [0.15, 0.2) is 5.78 Å². The number of thioether (sulfide) groups is 1. The number of Topliss-reactive ketones (excluding diaryl/α,β-unsaturated/α-hetero) is 1. The van der Waals surface area contributed by atoms with Gasteiger partial charge < -0.3 is 5.73 Å². The lowest BCUT2D eigenvalue weighted by atomic mass is 9.94. The minimum Gasteiger partial charge on any atom is -0.393 e. The second-order valence-electron chi connectivity index (χ2n) is 6.36. The molecule has 1 aliphatic rings. The Bertz CT molecular complexity index is 1130. The van der Waals surface area contributed by atoms with Crippen molar-refractivity contribution in [2.45, 2.75) is 11.4 Å². The zero-order valence-corrected chi connectivity index (χ0v) is 16.7. The molecule has 0 radical (unpaired) electrons. The van der Waals surface area contributed by atoms with E-state index in [1.807, 2.05) is 42.5 Å². The molecular formula is C21H13BrF3NOS. The molecule has 28 heavy (non-hydrogen) atoms. The normalized spacial score (nSPS) is 17.6. The van der Waals surface area contributed by atoms with E-state index >= 15 is 0 Å². The molecule has 3 aromatic carbocycles. The number of benzene rings is 3. The molecule has 7 heteroatoms. The molecule has 1 atom stereocenters. The molecule has 3 aromatic rings.